The van der Waals surface area contributed by atoms with E-state index in [2.05, 4.69) is 47.5 Å². The summed E-state index contributed by atoms with van der Waals surface area (Å²) < 4.78 is 20.8. The van der Waals surface area contributed by atoms with Crippen LogP contribution in [0.1, 0.15) is 64.0 Å². The summed E-state index contributed by atoms with van der Waals surface area (Å²) in [5, 5.41) is 62.2. The number of aliphatic hydroxyl groups is 4. The van der Waals surface area contributed by atoms with Gasteiger partial charge in [-0.2, -0.15) is 11.8 Å². The highest BCUT2D eigenvalue weighted by molar-refractivity contribution is 7.98. The highest BCUT2D eigenvalue weighted by Crippen LogP contribution is 2.36. The summed E-state index contributed by atoms with van der Waals surface area (Å²) >= 11 is -1.07. The molecule has 0 saturated carbocycles. The number of imide groups is 1. The van der Waals surface area contributed by atoms with Gasteiger partial charge in [-0.3, -0.25) is 57.6 Å². The van der Waals surface area contributed by atoms with Crippen LogP contribution in [-0.2, 0) is 76.1 Å². The standard InChI is InChI=1S/C50H74N12O17S2/c1-5-25(2)43(60-39(70)18-51)48(76)55-20-40(71)57-33-24-81(78)50-30(29-8-9-35(79-4)31(45(29)61-50)23-80-14-12-53-37(68)7-6-13-62-41(72)10-11-42(62)73)15-27(21-63)56-49(77)44(26(3)34(66)22-64)59-38(69)16-28(65)19-54-46(74)32(17-36(52)67)58-47(33)75/h8-11,25-28,32-34,43-44,61,63-66H,5-7,12-24,51H2,1-4H3,(H2,52,67)(H,53,68)(H,54,74)(H,55,76)(H,56,77)(H,57,71)(H,58,75)(H,59,69)(H,60,70)/t25-,26-,27-,28+,32-,33-,34-,43-,44-,81?/m0/s1. The Labute approximate surface area is 473 Å². The number of β-amino-alcohol motifs (C(OH)–C–C–N with tert-alkyl or cyclic N) is 1. The Morgan fingerprint density at radius 3 is 2.28 bits per heavy atom. The molecule has 0 fully saturated rings. The second-order valence-corrected chi connectivity index (χ2v) is 21.9. The van der Waals surface area contributed by atoms with Crippen molar-refractivity contribution in [3.8, 4) is 5.75 Å². The number of aromatic nitrogens is 1. The monoisotopic (exact) mass is 1180 g/mol. The van der Waals surface area contributed by atoms with Gasteiger partial charge in [-0.15, -0.1) is 0 Å². The van der Waals surface area contributed by atoms with Gasteiger partial charge in [0.15, 0.2) is 6.04 Å². The third-order valence-corrected chi connectivity index (χ3v) is 15.8. The molecule has 11 amide bonds. The second-order valence-electron chi connectivity index (χ2n) is 19.3. The van der Waals surface area contributed by atoms with Crippen LogP contribution < -0.4 is 58.7 Å². The van der Waals surface area contributed by atoms with Crippen molar-refractivity contribution in [1.29, 1.82) is 0 Å². The summed E-state index contributed by atoms with van der Waals surface area (Å²) in [6, 6.07) is -4.42. The largest absolute Gasteiger partial charge is 0.610 e. The van der Waals surface area contributed by atoms with Crippen LogP contribution in [0.2, 0.25) is 0 Å². The lowest BCUT2D eigenvalue weighted by molar-refractivity contribution is -0.137. The first-order valence-electron chi connectivity index (χ1n) is 26.0. The summed E-state index contributed by atoms with van der Waals surface area (Å²) in [4.78, 5) is 148. The Balaban J connectivity index is 1.78. The van der Waals surface area contributed by atoms with Crippen molar-refractivity contribution in [2.45, 2.75) is 112 Å². The molecule has 0 bridgehead atoms. The molecule has 3 heterocycles. The summed E-state index contributed by atoms with van der Waals surface area (Å²) in [6.45, 7) is 1.55. The van der Waals surface area contributed by atoms with Gasteiger partial charge in [0, 0.05) is 89.7 Å². The van der Waals surface area contributed by atoms with Gasteiger partial charge < -0.3 is 88.7 Å². The van der Waals surface area contributed by atoms with Gasteiger partial charge in [0.05, 0.1) is 70.0 Å². The smallest absolute Gasteiger partial charge is 0.253 e. The van der Waals surface area contributed by atoms with Crippen LogP contribution in [0.25, 0.3) is 10.9 Å². The van der Waals surface area contributed by atoms with Crippen LogP contribution >= 0.6 is 11.8 Å². The number of rotatable bonds is 24. The van der Waals surface area contributed by atoms with E-state index in [1.54, 1.807) is 26.0 Å². The summed E-state index contributed by atoms with van der Waals surface area (Å²) in [5.41, 5.74) is 11.9. The maximum Gasteiger partial charge on any atom is 0.253 e. The molecular formula is C50H74N12O17S2. The molecule has 10 atom stereocenters. The van der Waals surface area contributed by atoms with Crippen LogP contribution in [0, 0.1) is 11.8 Å². The quantitative estimate of drug-likeness (QED) is 0.0264. The number of nitrogens with one attached hydrogen (secondary N) is 9. The Morgan fingerprint density at radius 2 is 1.65 bits per heavy atom. The Hall–Kier alpha value is -6.87. The fraction of sp³-hybridized carbons (Fsp3) is 0.580. The molecule has 4 rings (SSSR count). The number of carbonyl (C=O) groups is 11. The lowest BCUT2D eigenvalue weighted by Crippen LogP contribution is -2.58. The number of amides is 11. The van der Waals surface area contributed by atoms with Crippen LogP contribution in [0.5, 0.6) is 5.75 Å². The van der Waals surface area contributed by atoms with E-state index in [9.17, 15) is 73.2 Å². The number of benzene rings is 1. The highest BCUT2D eigenvalue weighted by atomic mass is 32.2. The number of aromatic amines is 1. The molecule has 2 aliphatic heterocycles. The molecule has 17 N–H and O–H groups in total. The molecule has 29 nitrogen and oxygen atoms in total. The van der Waals surface area contributed by atoms with Crippen molar-refractivity contribution in [3.63, 3.8) is 0 Å². The van der Waals surface area contributed by atoms with Crippen LogP contribution in [-0.4, -0.2) is 207 Å². The van der Waals surface area contributed by atoms with Crippen molar-refractivity contribution < 1.29 is 82.5 Å². The number of nitrogens with two attached hydrogens (primary N) is 2. The molecule has 1 aromatic heterocycles. The van der Waals surface area contributed by atoms with Gasteiger partial charge in [-0.25, -0.2) is 0 Å². The minimum Gasteiger partial charge on any atom is -0.610 e. The Kier molecular flexibility index (Phi) is 26.8. The number of nitrogens with zero attached hydrogens (tertiary/aromatic N) is 1. The van der Waals surface area contributed by atoms with Crippen molar-refractivity contribution >= 4 is 98.8 Å². The molecule has 31 heteroatoms. The number of carbonyl (C=O) groups excluding carboxylic acids is 11. The average Bonchev–Trinajstić information content (AvgIpc) is 4.21. The van der Waals surface area contributed by atoms with Gasteiger partial charge in [0.25, 0.3) is 11.8 Å². The first-order chi connectivity index (χ1) is 38.5. The molecular weight excluding hydrogens is 1100 g/mol. The maximum absolute atomic E-state index is 15.1. The zero-order valence-electron chi connectivity index (χ0n) is 45.3. The number of thioether (sulfide) groups is 1. The predicted octanol–water partition coefficient (Wildman–Crippen LogP) is -5.84. The van der Waals surface area contributed by atoms with Gasteiger partial charge in [-0.05, 0) is 24.5 Å². The second kappa shape index (κ2) is 32.5. The van der Waals surface area contributed by atoms with Gasteiger partial charge >= 0.3 is 0 Å². The third-order valence-electron chi connectivity index (χ3n) is 13.4. The lowest BCUT2D eigenvalue weighted by Gasteiger charge is -2.29. The Bertz CT molecular complexity index is 2620. The number of fused-ring (bicyclic) bond motifs is 3. The van der Waals surface area contributed by atoms with Crippen LogP contribution in [0.4, 0.5) is 0 Å². The van der Waals surface area contributed by atoms with Gasteiger partial charge in [-0.1, -0.05) is 27.2 Å². The number of hydrogen-bond acceptors (Lipinski definition) is 19. The van der Waals surface area contributed by atoms with E-state index >= 15 is 4.55 Å². The van der Waals surface area contributed by atoms with E-state index < -0.39 is 176 Å². The first kappa shape index (κ1) is 66.6. The fourth-order valence-corrected chi connectivity index (χ4v) is 10.9. The fourth-order valence-electron chi connectivity index (χ4n) is 8.58. The molecule has 2 aromatic rings. The number of primary amides is 1. The molecule has 0 saturated heterocycles. The van der Waals surface area contributed by atoms with Crippen molar-refractivity contribution in [2.75, 3.05) is 64.6 Å². The lowest BCUT2D eigenvalue weighted by atomic mass is 9.94. The molecule has 1 unspecified atom stereocenters. The molecule has 0 aliphatic carbocycles. The van der Waals surface area contributed by atoms with Crippen LogP contribution in [0.15, 0.2) is 29.3 Å². The van der Waals surface area contributed by atoms with Gasteiger partial charge in [0.2, 0.25) is 58.2 Å². The third kappa shape index (κ3) is 19.7. The van der Waals surface area contributed by atoms with E-state index in [0.717, 1.165) is 17.1 Å². The number of hydrogen-bond donors (Lipinski definition) is 15. The topological polar surface area (TPSA) is 468 Å². The zero-order valence-corrected chi connectivity index (χ0v) is 47.0. The molecule has 2 aliphatic rings. The van der Waals surface area contributed by atoms with Crippen molar-refractivity contribution in [1.82, 2.24) is 52.4 Å². The predicted molar refractivity (Wildman–Crippen MR) is 292 cm³/mol. The van der Waals surface area contributed by atoms with Crippen LogP contribution in [0.3, 0.4) is 0 Å². The number of aliphatic hydroxyl groups excluding tert-OH is 4. The molecule has 448 valence electrons. The number of methoxy groups -OCH3 is 1. The van der Waals surface area contributed by atoms with E-state index in [4.69, 9.17) is 16.2 Å². The minimum absolute atomic E-state index is 0.0414. The molecule has 1 aromatic carbocycles. The molecule has 0 spiro atoms. The average molecular weight is 1180 g/mol. The molecule has 81 heavy (non-hydrogen) atoms. The van der Waals surface area contributed by atoms with Crippen molar-refractivity contribution in [3.05, 3.63) is 35.4 Å². The van der Waals surface area contributed by atoms with Gasteiger partial charge in [0.1, 0.15) is 29.6 Å². The van der Waals surface area contributed by atoms with E-state index in [-0.39, 0.29) is 54.6 Å². The Morgan fingerprint density at radius 1 is 0.951 bits per heavy atom. The van der Waals surface area contributed by atoms with E-state index in [0.29, 0.717) is 34.4 Å². The summed E-state index contributed by atoms with van der Waals surface area (Å²) in [6.07, 6.45) is -2.12. The summed E-state index contributed by atoms with van der Waals surface area (Å²) in [5.74, 6) is -10.5. The SMILES string of the molecule is CC[C@H](C)[C@H](NC(=O)CN)C(=O)NCC(=O)N[C@H]1C[S+]([O-])c2[nH]c3c(CSCCNC(=O)CCCN4C(=O)C=CC4=O)c(OC)ccc3c2C[C@@H](CO)NC(=O)[C@H]([C@@H](C)[C@@H](O)CO)NC(=O)C[C@@H](O)CNC(=O)[C@H](CC(N)=O)NC1=O. The highest BCUT2D eigenvalue weighted by Gasteiger charge is 2.38. The van der Waals surface area contributed by atoms with E-state index in [1.165, 1.54) is 25.8 Å². The van der Waals surface area contributed by atoms with Crippen molar-refractivity contribution in [2.24, 2.45) is 23.3 Å². The number of ether oxygens (including phenoxy) is 1. The number of H-pyrrole nitrogens is 1. The summed E-state index contributed by atoms with van der Waals surface area (Å²) in [7, 11) is 1.40. The minimum atomic E-state index is -2.42. The maximum atomic E-state index is 15.1. The zero-order chi connectivity index (χ0) is 60.1. The van der Waals surface area contributed by atoms with E-state index in [1.807, 2.05) is 0 Å². The molecule has 0 radical (unpaired) electrons. The normalized spacial score (nSPS) is 22.0. The first-order valence-corrected chi connectivity index (χ1v) is 28.5.